The van der Waals surface area contributed by atoms with Gasteiger partial charge in [0, 0.05) is 11.9 Å². The van der Waals surface area contributed by atoms with Gasteiger partial charge in [-0.25, -0.2) is 10.8 Å². The van der Waals surface area contributed by atoms with Crippen LogP contribution < -0.4 is 16.6 Å². The summed E-state index contributed by atoms with van der Waals surface area (Å²) in [5, 5.41) is 2.83. The van der Waals surface area contributed by atoms with Crippen molar-refractivity contribution >= 4 is 17.4 Å². The zero-order valence-electron chi connectivity index (χ0n) is 11.6. The first-order valence-corrected chi connectivity index (χ1v) is 6.44. The van der Waals surface area contributed by atoms with Crippen molar-refractivity contribution < 1.29 is 4.79 Å². The van der Waals surface area contributed by atoms with Crippen molar-refractivity contribution in [2.45, 2.75) is 19.8 Å². The van der Waals surface area contributed by atoms with Gasteiger partial charge in [-0.15, -0.1) is 0 Å². The number of benzene rings is 1. The van der Waals surface area contributed by atoms with E-state index in [9.17, 15) is 4.79 Å². The van der Waals surface area contributed by atoms with Crippen LogP contribution in [0.1, 0.15) is 35.7 Å². The topological polar surface area (TPSA) is 80.0 Å². The molecule has 5 heteroatoms. The van der Waals surface area contributed by atoms with Crippen LogP contribution in [0.15, 0.2) is 42.6 Å². The number of aromatic nitrogens is 1. The molecule has 0 aliphatic rings. The third-order valence-electron chi connectivity index (χ3n) is 3.01. The minimum Gasteiger partial charge on any atom is -0.322 e. The molecule has 104 valence electrons. The maximum atomic E-state index is 12.0. The van der Waals surface area contributed by atoms with Crippen LogP contribution in [0, 0.1) is 0 Å². The van der Waals surface area contributed by atoms with E-state index in [1.807, 2.05) is 24.3 Å². The third-order valence-corrected chi connectivity index (χ3v) is 3.01. The van der Waals surface area contributed by atoms with E-state index in [0.29, 0.717) is 17.3 Å². The molecule has 0 unspecified atom stereocenters. The predicted octanol–water partition coefficient (Wildman–Crippen LogP) is 2.74. The van der Waals surface area contributed by atoms with E-state index in [-0.39, 0.29) is 5.91 Å². The molecule has 0 saturated heterocycles. The fraction of sp³-hybridized carbons (Fsp3) is 0.200. The molecule has 0 bridgehead atoms. The molecule has 0 aliphatic carbocycles. The molecule has 1 amide bonds. The van der Waals surface area contributed by atoms with Crippen LogP contribution in [0.5, 0.6) is 0 Å². The highest BCUT2D eigenvalue weighted by Gasteiger charge is 2.07. The molecule has 5 nitrogen and oxygen atoms in total. The van der Waals surface area contributed by atoms with Gasteiger partial charge in [0.25, 0.3) is 5.91 Å². The fourth-order valence-corrected chi connectivity index (χ4v) is 1.77. The molecule has 0 fully saturated rings. The van der Waals surface area contributed by atoms with Gasteiger partial charge in [-0.2, -0.15) is 0 Å². The van der Waals surface area contributed by atoms with E-state index in [1.54, 1.807) is 12.1 Å². The summed E-state index contributed by atoms with van der Waals surface area (Å²) in [7, 11) is 0. The van der Waals surface area contributed by atoms with Crippen molar-refractivity contribution in [2.24, 2.45) is 5.84 Å². The van der Waals surface area contributed by atoms with Gasteiger partial charge in [-0.1, -0.05) is 26.0 Å². The second-order valence-electron chi connectivity index (χ2n) is 4.81. The average molecular weight is 270 g/mol. The number of nitrogens with zero attached hydrogens (tertiary/aromatic N) is 1. The molecule has 20 heavy (non-hydrogen) atoms. The Morgan fingerprint density at radius 2 is 1.85 bits per heavy atom. The van der Waals surface area contributed by atoms with Crippen LogP contribution in [0.2, 0.25) is 0 Å². The SMILES string of the molecule is CC(C)c1ccc(NC(=O)c2ccc(NN)nc2)cc1. The monoisotopic (exact) mass is 270 g/mol. The van der Waals surface area contributed by atoms with Crippen molar-refractivity contribution in [1.82, 2.24) is 4.98 Å². The summed E-state index contributed by atoms with van der Waals surface area (Å²) in [5.74, 6) is 6.02. The standard InChI is InChI=1S/C15H18N4O/c1-10(2)11-3-6-13(7-4-11)18-15(20)12-5-8-14(19-16)17-9-12/h3-10H,16H2,1-2H3,(H,17,19)(H,18,20). The van der Waals surface area contributed by atoms with Crippen molar-refractivity contribution in [3.63, 3.8) is 0 Å². The first-order valence-electron chi connectivity index (χ1n) is 6.44. The van der Waals surface area contributed by atoms with E-state index < -0.39 is 0 Å². The summed E-state index contributed by atoms with van der Waals surface area (Å²) in [6, 6.07) is 11.1. The van der Waals surface area contributed by atoms with Crippen molar-refractivity contribution in [1.29, 1.82) is 0 Å². The van der Waals surface area contributed by atoms with Gasteiger partial charge in [0.2, 0.25) is 0 Å². The maximum absolute atomic E-state index is 12.0. The van der Waals surface area contributed by atoms with Crippen molar-refractivity contribution in [3.05, 3.63) is 53.7 Å². The number of hydrogen-bond donors (Lipinski definition) is 3. The molecule has 1 heterocycles. The van der Waals surface area contributed by atoms with Crippen LogP contribution in [0.3, 0.4) is 0 Å². The first-order chi connectivity index (χ1) is 9.60. The number of nitrogen functional groups attached to an aromatic ring is 1. The van der Waals surface area contributed by atoms with E-state index >= 15 is 0 Å². The Balaban J connectivity index is 2.06. The second-order valence-corrected chi connectivity index (χ2v) is 4.81. The van der Waals surface area contributed by atoms with Gasteiger partial charge in [-0.05, 0) is 35.7 Å². The van der Waals surface area contributed by atoms with Crippen LogP contribution in [-0.2, 0) is 0 Å². The Labute approximate surface area is 118 Å². The highest BCUT2D eigenvalue weighted by Crippen LogP contribution is 2.17. The molecule has 1 aromatic carbocycles. The number of carbonyl (C=O) groups excluding carboxylic acids is 1. The number of rotatable bonds is 4. The number of anilines is 2. The highest BCUT2D eigenvalue weighted by atomic mass is 16.1. The normalized spacial score (nSPS) is 10.4. The molecule has 1 aromatic heterocycles. The number of carbonyl (C=O) groups is 1. The third kappa shape index (κ3) is 3.33. The van der Waals surface area contributed by atoms with Crippen LogP contribution in [0.4, 0.5) is 11.5 Å². The Kier molecular flexibility index (Phi) is 4.32. The predicted molar refractivity (Wildman–Crippen MR) is 80.5 cm³/mol. The molecule has 0 aliphatic heterocycles. The van der Waals surface area contributed by atoms with E-state index in [0.717, 1.165) is 5.69 Å². The Bertz CT molecular complexity index is 576. The van der Waals surface area contributed by atoms with Crippen molar-refractivity contribution in [2.75, 3.05) is 10.7 Å². The average Bonchev–Trinajstić information content (AvgIpc) is 2.48. The fourth-order valence-electron chi connectivity index (χ4n) is 1.77. The number of hydrazine groups is 1. The van der Waals surface area contributed by atoms with Crippen molar-refractivity contribution in [3.8, 4) is 0 Å². The quantitative estimate of drug-likeness (QED) is 0.589. The van der Waals surface area contributed by atoms with E-state index in [4.69, 9.17) is 5.84 Å². The summed E-state index contributed by atoms with van der Waals surface area (Å²) in [6.45, 7) is 4.26. The van der Waals surface area contributed by atoms with Gasteiger partial charge < -0.3 is 10.7 Å². The molecule has 0 spiro atoms. The highest BCUT2D eigenvalue weighted by molar-refractivity contribution is 6.04. The molecule has 0 radical (unpaired) electrons. The summed E-state index contributed by atoms with van der Waals surface area (Å²) >= 11 is 0. The van der Waals surface area contributed by atoms with E-state index in [2.05, 4.69) is 29.6 Å². The molecule has 0 saturated carbocycles. The van der Waals surface area contributed by atoms with E-state index in [1.165, 1.54) is 11.8 Å². The minimum absolute atomic E-state index is 0.196. The van der Waals surface area contributed by atoms with Gasteiger partial charge in [-0.3, -0.25) is 4.79 Å². The Morgan fingerprint density at radius 3 is 2.35 bits per heavy atom. The van der Waals surface area contributed by atoms with Crippen LogP contribution >= 0.6 is 0 Å². The summed E-state index contributed by atoms with van der Waals surface area (Å²) < 4.78 is 0. The van der Waals surface area contributed by atoms with Gasteiger partial charge in [0.1, 0.15) is 5.82 Å². The molecule has 2 rings (SSSR count). The molecule has 4 N–H and O–H groups in total. The molecule has 0 atom stereocenters. The minimum atomic E-state index is -0.196. The second kappa shape index (κ2) is 6.16. The molecular weight excluding hydrogens is 252 g/mol. The maximum Gasteiger partial charge on any atom is 0.257 e. The lowest BCUT2D eigenvalue weighted by Gasteiger charge is -2.08. The largest absolute Gasteiger partial charge is 0.322 e. The van der Waals surface area contributed by atoms with Gasteiger partial charge >= 0.3 is 0 Å². The lowest BCUT2D eigenvalue weighted by atomic mass is 10.0. The Hall–Kier alpha value is -2.40. The number of nitrogens with one attached hydrogen (secondary N) is 2. The van der Waals surface area contributed by atoms with Crippen LogP contribution in [0.25, 0.3) is 0 Å². The lowest BCUT2D eigenvalue weighted by molar-refractivity contribution is 0.102. The number of nitrogens with two attached hydrogens (primary N) is 1. The summed E-state index contributed by atoms with van der Waals surface area (Å²) in [5.41, 5.74) is 4.90. The zero-order valence-corrected chi connectivity index (χ0v) is 11.6. The summed E-state index contributed by atoms with van der Waals surface area (Å²) in [6.07, 6.45) is 1.48. The smallest absolute Gasteiger partial charge is 0.257 e. The number of hydrogen-bond acceptors (Lipinski definition) is 4. The first kappa shape index (κ1) is 14.0. The summed E-state index contributed by atoms with van der Waals surface area (Å²) in [4.78, 5) is 16.0. The lowest BCUT2D eigenvalue weighted by Crippen LogP contribution is -2.13. The molecule has 2 aromatic rings. The number of pyridine rings is 1. The van der Waals surface area contributed by atoms with Gasteiger partial charge in [0.05, 0.1) is 5.56 Å². The van der Waals surface area contributed by atoms with Crippen LogP contribution in [-0.4, -0.2) is 10.9 Å². The van der Waals surface area contributed by atoms with Gasteiger partial charge in [0.15, 0.2) is 0 Å². The molecular formula is C15H18N4O. The number of amides is 1. The Morgan fingerprint density at radius 1 is 1.15 bits per heavy atom. The zero-order chi connectivity index (χ0) is 14.5.